The van der Waals surface area contributed by atoms with Gasteiger partial charge in [-0.05, 0) is 46.5 Å². The Morgan fingerprint density at radius 1 is 1.21 bits per heavy atom. The summed E-state index contributed by atoms with van der Waals surface area (Å²) in [7, 11) is 0. The van der Waals surface area contributed by atoms with Crippen molar-refractivity contribution in [2.75, 3.05) is 6.54 Å². The fraction of sp³-hybridized carbons (Fsp3) is 0.882. The van der Waals surface area contributed by atoms with Crippen LogP contribution in [0, 0.1) is 11.3 Å². The molecule has 0 radical (unpaired) electrons. The Balaban J connectivity index is 2.88. The van der Waals surface area contributed by atoms with Crippen LogP contribution in [0.15, 0.2) is 0 Å². The lowest BCUT2D eigenvalue weighted by Crippen LogP contribution is -2.53. The summed E-state index contributed by atoms with van der Waals surface area (Å²) in [6.45, 7) is 9.02. The third-order valence-electron chi connectivity index (χ3n) is 4.42. The van der Waals surface area contributed by atoms with Gasteiger partial charge in [0.1, 0.15) is 12.5 Å². The second-order valence-corrected chi connectivity index (χ2v) is 7.62. The Labute approximate surface area is 141 Å². The molecule has 1 heterocycles. The maximum absolute atomic E-state index is 12.6. The first-order valence-corrected chi connectivity index (χ1v) is 8.42. The summed E-state index contributed by atoms with van der Waals surface area (Å²) in [5, 5.41) is 0. The zero-order chi connectivity index (χ0) is 18.7. The van der Waals surface area contributed by atoms with Gasteiger partial charge in [-0.2, -0.15) is 13.2 Å². The van der Waals surface area contributed by atoms with Crippen LogP contribution in [0.25, 0.3) is 0 Å². The van der Waals surface area contributed by atoms with Crippen LogP contribution in [-0.4, -0.2) is 41.6 Å². The van der Waals surface area contributed by atoms with E-state index in [4.69, 9.17) is 4.74 Å². The van der Waals surface area contributed by atoms with E-state index in [9.17, 15) is 22.8 Å². The predicted octanol–water partition coefficient (Wildman–Crippen LogP) is 3.93. The molecular weight excluding hydrogens is 323 g/mol. The van der Waals surface area contributed by atoms with Crippen molar-refractivity contribution in [3.63, 3.8) is 0 Å². The van der Waals surface area contributed by atoms with Gasteiger partial charge in [0, 0.05) is 6.54 Å². The number of piperidine rings is 1. The third-order valence-corrected chi connectivity index (χ3v) is 4.42. The van der Waals surface area contributed by atoms with Crippen molar-refractivity contribution in [2.45, 2.75) is 78.6 Å². The van der Waals surface area contributed by atoms with E-state index in [-0.39, 0.29) is 12.5 Å². The Kier molecular flexibility index (Phi) is 6.70. The minimum Gasteiger partial charge on any atom is -0.460 e. The Bertz CT molecular complexity index is 457. The molecule has 1 aliphatic rings. The normalized spacial score (nSPS) is 23.8. The monoisotopic (exact) mass is 351 g/mol. The first kappa shape index (κ1) is 20.8. The van der Waals surface area contributed by atoms with Gasteiger partial charge < -0.3 is 9.64 Å². The molecule has 4 nitrogen and oxygen atoms in total. The average molecular weight is 351 g/mol. The number of carbonyl (C=O) groups is 2. The second kappa shape index (κ2) is 7.74. The van der Waals surface area contributed by atoms with Crippen molar-refractivity contribution in [1.29, 1.82) is 0 Å². The summed E-state index contributed by atoms with van der Waals surface area (Å²) in [4.78, 5) is 25.4. The number of esters is 1. The van der Waals surface area contributed by atoms with Gasteiger partial charge in [-0.1, -0.05) is 13.3 Å². The number of rotatable bonds is 4. The van der Waals surface area contributed by atoms with Gasteiger partial charge in [0.15, 0.2) is 0 Å². The molecule has 2 unspecified atom stereocenters. The summed E-state index contributed by atoms with van der Waals surface area (Å²) in [6, 6.07) is -0.506. The quantitative estimate of drug-likeness (QED) is 0.721. The van der Waals surface area contributed by atoms with E-state index in [0.29, 0.717) is 6.42 Å². The molecule has 0 bridgehead atoms. The minimum absolute atomic E-state index is 0.184. The van der Waals surface area contributed by atoms with Gasteiger partial charge in [0.2, 0.25) is 5.91 Å². The molecule has 0 aliphatic carbocycles. The maximum atomic E-state index is 12.6. The van der Waals surface area contributed by atoms with Crippen LogP contribution in [0.2, 0.25) is 0 Å². The van der Waals surface area contributed by atoms with E-state index in [1.807, 2.05) is 6.92 Å². The van der Waals surface area contributed by atoms with Gasteiger partial charge in [0.25, 0.3) is 0 Å². The molecule has 0 saturated carbocycles. The van der Waals surface area contributed by atoms with Crippen molar-refractivity contribution < 1.29 is 27.5 Å². The Hall–Kier alpha value is -1.27. The topological polar surface area (TPSA) is 46.6 Å². The van der Waals surface area contributed by atoms with Crippen LogP contribution in [0.1, 0.15) is 60.3 Å². The van der Waals surface area contributed by atoms with Crippen molar-refractivity contribution in [1.82, 2.24) is 4.90 Å². The minimum atomic E-state index is -4.54. The highest BCUT2D eigenvalue weighted by Gasteiger charge is 2.41. The highest BCUT2D eigenvalue weighted by atomic mass is 19.4. The summed E-state index contributed by atoms with van der Waals surface area (Å²) in [6.07, 6.45) is -4.48. The number of carbonyl (C=O) groups excluding carboxylic acids is 2. The fourth-order valence-electron chi connectivity index (χ4n) is 2.87. The SMILES string of the molecule is CCC1CCC([C@H](C)OC(=O)C(C)(C)C)N(C(=O)CC(F)(F)F)C1. The lowest BCUT2D eigenvalue weighted by Gasteiger charge is -2.42. The molecule has 0 aromatic heterocycles. The van der Waals surface area contributed by atoms with E-state index in [0.717, 1.165) is 12.8 Å². The van der Waals surface area contributed by atoms with Gasteiger partial charge >= 0.3 is 12.1 Å². The molecule has 7 heteroatoms. The molecular formula is C17H28F3NO3. The van der Waals surface area contributed by atoms with Crippen LogP contribution in [0.3, 0.4) is 0 Å². The number of likely N-dealkylation sites (tertiary alicyclic amines) is 1. The molecule has 0 aromatic carbocycles. The molecule has 3 atom stereocenters. The van der Waals surface area contributed by atoms with Gasteiger partial charge in [-0.25, -0.2) is 0 Å². The Morgan fingerprint density at radius 3 is 2.25 bits per heavy atom. The van der Waals surface area contributed by atoms with E-state index >= 15 is 0 Å². The third kappa shape index (κ3) is 5.98. The zero-order valence-electron chi connectivity index (χ0n) is 15.1. The van der Waals surface area contributed by atoms with E-state index in [1.54, 1.807) is 27.7 Å². The number of amides is 1. The first-order chi connectivity index (χ1) is 10.8. The number of hydrogen-bond acceptors (Lipinski definition) is 3. The zero-order valence-corrected chi connectivity index (χ0v) is 15.1. The molecule has 140 valence electrons. The average Bonchev–Trinajstić information content (AvgIpc) is 2.43. The van der Waals surface area contributed by atoms with Crippen molar-refractivity contribution in [3.8, 4) is 0 Å². The van der Waals surface area contributed by atoms with Gasteiger partial charge in [-0.15, -0.1) is 0 Å². The molecule has 0 N–H and O–H groups in total. The van der Waals surface area contributed by atoms with Gasteiger partial charge in [0.05, 0.1) is 11.5 Å². The largest absolute Gasteiger partial charge is 0.460 e. The number of ether oxygens (including phenoxy) is 1. The molecule has 1 rings (SSSR count). The van der Waals surface area contributed by atoms with E-state index in [2.05, 4.69) is 0 Å². The molecule has 1 fully saturated rings. The van der Waals surface area contributed by atoms with Gasteiger partial charge in [-0.3, -0.25) is 9.59 Å². The number of alkyl halides is 3. The predicted molar refractivity (Wildman–Crippen MR) is 84.2 cm³/mol. The summed E-state index contributed by atoms with van der Waals surface area (Å²) < 4.78 is 43.2. The van der Waals surface area contributed by atoms with E-state index in [1.165, 1.54) is 4.90 Å². The summed E-state index contributed by atoms with van der Waals surface area (Å²) in [5.74, 6) is -1.18. The fourth-order valence-corrected chi connectivity index (χ4v) is 2.87. The molecule has 1 amide bonds. The van der Waals surface area contributed by atoms with Crippen LogP contribution in [0.5, 0.6) is 0 Å². The van der Waals surface area contributed by atoms with E-state index < -0.39 is 42.0 Å². The Morgan fingerprint density at radius 2 is 1.79 bits per heavy atom. The van der Waals surface area contributed by atoms with Crippen molar-refractivity contribution in [2.24, 2.45) is 11.3 Å². The number of hydrogen-bond donors (Lipinski definition) is 0. The summed E-state index contributed by atoms with van der Waals surface area (Å²) >= 11 is 0. The maximum Gasteiger partial charge on any atom is 0.397 e. The molecule has 1 saturated heterocycles. The molecule has 1 aliphatic heterocycles. The van der Waals surface area contributed by atoms with Crippen molar-refractivity contribution in [3.05, 3.63) is 0 Å². The smallest absolute Gasteiger partial charge is 0.397 e. The highest BCUT2D eigenvalue weighted by Crippen LogP contribution is 2.31. The van der Waals surface area contributed by atoms with Crippen LogP contribution >= 0.6 is 0 Å². The van der Waals surface area contributed by atoms with Crippen molar-refractivity contribution >= 4 is 11.9 Å². The molecule has 0 aromatic rings. The highest BCUT2D eigenvalue weighted by molar-refractivity contribution is 5.78. The summed E-state index contributed by atoms with van der Waals surface area (Å²) in [5.41, 5.74) is -0.699. The van der Waals surface area contributed by atoms with Crippen LogP contribution in [0.4, 0.5) is 13.2 Å². The number of halogens is 3. The standard InChI is InChI=1S/C17H28F3NO3/c1-6-12-7-8-13(11(2)24-15(23)16(3,4)5)21(10-12)14(22)9-17(18,19)20/h11-13H,6-10H2,1-5H3/t11-,12?,13?/m0/s1. The lowest BCUT2D eigenvalue weighted by molar-refractivity contribution is -0.173. The first-order valence-electron chi connectivity index (χ1n) is 8.42. The van der Waals surface area contributed by atoms with Crippen LogP contribution < -0.4 is 0 Å². The molecule has 24 heavy (non-hydrogen) atoms. The number of nitrogens with zero attached hydrogens (tertiary/aromatic N) is 1. The second-order valence-electron chi connectivity index (χ2n) is 7.62. The molecule has 0 spiro atoms. The lowest BCUT2D eigenvalue weighted by atomic mass is 9.88. The van der Waals surface area contributed by atoms with Crippen LogP contribution in [-0.2, 0) is 14.3 Å².